The zero-order valence-electron chi connectivity index (χ0n) is 11.4. The number of hydrogen-bond acceptors (Lipinski definition) is 5. The first-order chi connectivity index (χ1) is 8.61. The van der Waals surface area contributed by atoms with Gasteiger partial charge in [0.05, 0.1) is 0 Å². The van der Waals surface area contributed by atoms with Gasteiger partial charge < -0.3 is 11.1 Å². The summed E-state index contributed by atoms with van der Waals surface area (Å²) in [5.41, 5.74) is 6.86. The van der Waals surface area contributed by atoms with Gasteiger partial charge in [-0.2, -0.15) is 11.8 Å². The van der Waals surface area contributed by atoms with E-state index in [0.29, 0.717) is 17.1 Å². The molecule has 1 saturated carbocycles. The van der Waals surface area contributed by atoms with Crippen LogP contribution in [0.15, 0.2) is 0 Å². The molecule has 0 bridgehead atoms. The van der Waals surface area contributed by atoms with E-state index in [1.807, 2.05) is 25.6 Å². The van der Waals surface area contributed by atoms with Gasteiger partial charge in [-0.05, 0) is 32.4 Å². The van der Waals surface area contributed by atoms with Crippen LogP contribution in [0.3, 0.4) is 0 Å². The van der Waals surface area contributed by atoms with Crippen LogP contribution >= 0.6 is 11.8 Å². The number of anilines is 2. The van der Waals surface area contributed by atoms with Crippen LogP contribution in [0.5, 0.6) is 0 Å². The molecular formula is C13H22N4S. The second-order valence-corrected chi connectivity index (χ2v) is 6.32. The van der Waals surface area contributed by atoms with Crippen LogP contribution < -0.4 is 11.1 Å². The van der Waals surface area contributed by atoms with Crippen molar-refractivity contribution in [2.45, 2.75) is 51.3 Å². The maximum Gasteiger partial charge on any atom is 0.135 e. The molecule has 4 nitrogen and oxygen atoms in total. The summed E-state index contributed by atoms with van der Waals surface area (Å²) >= 11 is 2.04. The number of nitrogens with two attached hydrogens (primary N) is 1. The van der Waals surface area contributed by atoms with Crippen molar-refractivity contribution in [3.05, 3.63) is 11.4 Å². The summed E-state index contributed by atoms with van der Waals surface area (Å²) in [7, 11) is 0. The predicted octanol–water partition coefficient (Wildman–Crippen LogP) is 2.76. The summed E-state index contributed by atoms with van der Waals surface area (Å²) in [6.45, 7) is 6.08. The van der Waals surface area contributed by atoms with E-state index < -0.39 is 0 Å². The number of nitrogens with zero attached hydrogens (tertiary/aromatic N) is 2. The van der Waals surface area contributed by atoms with Gasteiger partial charge in [0, 0.05) is 16.9 Å². The van der Waals surface area contributed by atoms with Crippen LogP contribution in [0.2, 0.25) is 0 Å². The highest BCUT2D eigenvalue weighted by Gasteiger charge is 2.27. The molecule has 0 saturated heterocycles. The Morgan fingerprint density at radius 1 is 1.33 bits per heavy atom. The van der Waals surface area contributed by atoms with Gasteiger partial charge in [0.15, 0.2) is 0 Å². The minimum Gasteiger partial charge on any atom is -0.383 e. The van der Waals surface area contributed by atoms with Crippen LogP contribution in [0.4, 0.5) is 11.6 Å². The third-order valence-electron chi connectivity index (χ3n) is 3.45. The van der Waals surface area contributed by atoms with Crippen molar-refractivity contribution in [2.75, 3.05) is 16.8 Å². The molecule has 1 aliphatic carbocycles. The lowest BCUT2D eigenvalue weighted by Crippen LogP contribution is -2.27. The first-order valence-electron chi connectivity index (χ1n) is 6.60. The van der Waals surface area contributed by atoms with Crippen molar-refractivity contribution in [1.82, 2.24) is 9.97 Å². The fraction of sp³-hybridized carbons (Fsp3) is 0.692. The summed E-state index contributed by atoms with van der Waals surface area (Å²) in [4.78, 5) is 8.67. The summed E-state index contributed by atoms with van der Waals surface area (Å²) in [6.07, 6.45) is 3.82. The Kier molecular flexibility index (Phi) is 4.32. The third-order valence-corrected chi connectivity index (χ3v) is 4.78. The molecule has 0 amide bonds. The molecule has 2 unspecified atom stereocenters. The van der Waals surface area contributed by atoms with Crippen LogP contribution in [0.1, 0.15) is 37.6 Å². The lowest BCUT2D eigenvalue weighted by atomic mass is 10.2. The fourth-order valence-corrected chi connectivity index (χ4v) is 3.67. The SMILES string of the molecule is CCSC1CCCC1Nc1nc(C)nc(N)c1C. The lowest BCUT2D eigenvalue weighted by Gasteiger charge is -2.22. The normalized spacial score (nSPS) is 23.3. The highest BCUT2D eigenvalue weighted by Crippen LogP contribution is 2.32. The van der Waals surface area contributed by atoms with E-state index in [0.717, 1.165) is 17.2 Å². The molecule has 2 atom stereocenters. The molecule has 100 valence electrons. The van der Waals surface area contributed by atoms with E-state index >= 15 is 0 Å². The predicted molar refractivity (Wildman–Crippen MR) is 79.1 cm³/mol. The lowest BCUT2D eigenvalue weighted by molar-refractivity contribution is 0.759. The Morgan fingerprint density at radius 3 is 2.83 bits per heavy atom. The van der Waals surface area contributed by atoms with Crippen molar-refractivity contribution < 1.29 is 0 Å². The Labute approximate surface area is 113 Å². The van der Waals surface area contributed by atoms with Crippen LogP contribution in [0, 0.1) is 13.8 Å². The summed E-state index contributed by atoms with van der Waals surface area (Å²) in [5, 5.41) is 4.27. The first kappa shape index (κ1) is 13.5. The maximum atomic E-state index is 5.89. The molecule has 0 aliphatic heterocycles. The van der Waals surface area contributed by atoms with Gasteiger partial charge in [0.25, 0.3) is 0 Å². The number of thioether (sulfide) groups is 1. The van der Waals surface area contributed by atoms with Gasteiger partial charge in [0.1, 0.15) is 17.5 Å². The number of nitrogens with one attached hydrogen (secondary N) is 1. The molecule has 18 heavy (non-hydrogen) atoms. The Balaban J connectivity index is 2.13. The fourth-order valence-electron chi connectivity index (χ4n) is 2.47. The van der Waals surface area contributed by atoms with Crippen molar-refractivity contribution >= 4 is 23.4 Å². The minimum atomic E-state index is 0.516. The number of hydrogen-bond donors (Lipinski definition) is 2. The molecule has 1 heterocycles. The van der Waals surface area contributed by atoms with Gasteiger partial charge in [-0.25, -0.2) is 9.97 Å². The molecule has 5 heteroatoms. The highest BCUT2D eigenvalue weighted by atomic mass is 32.2. The monoisotopic (exact) mass is 266 g/mol. The summed E-state index contributed by atoms with van der Waals surface area (Å²) in [6, 6.07) is 0.516. The molecule has 1 fully saturated rings. The van der Waals surface area contributed by atoms with Gasteiger partial charge in [0.2, 0.25) is 0 Å². The van der Waals surface area contributed by atoms with Gasteiger partial charge in [-0.1, -0.05) is 13.3 Å². The topological polar surface area (TPSA) is 63.8 Å². The Bertz CT molecular complexity index is 422. The van der Waals surface area contributed by atoms with Crippen LogP contribution in [-0.2, 0) is 0 Å². The molecule has 3 N–H and O–H groups in total. The average Bonchev–Trinajstić information content (AvgIpc) is 2.73. The van der Waals surface area contributed by atoms with E-state index in [4.69, 9.17) is 5.73 Å². The van der Waals surface area contributed by atoms with Crippen LogP contribution in [-0.4, -0.2) is 27.0 Å². The standard InChI is InChI=1S/C13H22N4S/c1-4-18-11-7-5-6-10(11)17-13-8(2)12(14)15-9(3)16-13/h10-11H,4-7H2,1-3H3,(H3,14,15,16,17). The Hall–Kier alpha value is -0.970. The second-order valence-electron chi connectivity index (χ2n) is 4.81. The van der Waals surface area contributed by atoms with Gasteiger partial charge in [-0.15, -0.1) is 0 Å². The number of rotatable bonds is 4. The second kappa shape index (κ2) is 5.78. The quantitative estimate of drug-likeness (QED) is 0.877. The number of aromatic nitrogens is 2. The van der Waals surface area contributed by atoms with Gasteiger partial charge in [-0.3, -0.25) is 0 Å². The van der Waals surface area contributed by atoms with Crippen molar-refractivity contribution in [2.24, 2.45) is 0 Å². The molecule has 0 spiro atoms. The van der Waals surface area contributed by atoms with Crippen molar-refractivity contribution in [3.8, 4) is 0 Å². The summed E-state index contributed by atoms with van der Waals surface area (Å²) in [5.74, 6) is 3.40. The molecule has 1 aromatic heterocycles. The molecule has 2 rings (SSSR count). The van der Waals surface area contributed by atoms with E-state index in [-0.39, 0.29) is 0 Å². The highest BCUT2D eigenvalue weighted by molar-refractivity contribution is 7.99. The van der Waals surface area contributed by atoms with E-state index in [9.17, 15) is 0 Å². The van der Waals surface area contributed by atoms with Gasteiger partial charge >= 0.3 is 0 Å². The number of nitrogen functional groups attached to an aromatic ring is 1. The molecular weight excluding hydrogens is 244 g/mol. The first-order valence-corrected chi connectivity index (χ1v) is 7.65. The molecule has 0 radical (unpaired) electrons. The Morgan fingerprint density at radius 2 is 2.11 bits per heavy atom. The molecule has 0 aromatic carbocycles. The zero-order chi connectivity index (χ0) is 13.1. The van der Waals surface area contributed by atoms with E-state index in [2.05, 4.69) is 22.2 Å². The van der Waals surface area contributed by atoms with Crippen molar-refractivity contribution in [1.29, 1.82) is 0 Å². The average molecular weight is 266 g/mol. The van der Waals surface area contributed by atoms with E-state index in [1.54, 1.807) is 0 Å². The maximum absolute atomic E-state index is 5.89. The largest absolute Gasteiger partial charge is 0.383 e. The summed E-state index contributed by atoms with van der Waals surface area (Å²) < 4.78 is 0. The van der Waals surface area contributed by atoms with E-state index in [1.165, 1.54) is 25.0 Å². The third kappa shape index (κ3) is 2.88. The van der Waals surface area contributed by atoms with Crippen LogP contribution in [0.25, 0.3) is 0 Å². The molecule has 1 aromatic rings. The zero-order valence-corrected chi connectivity index (χ0v) is 12.2. The van der Waals surface area contributed by atoms with Crippen molar-refractivity contribution in [3.63, 3.8) is 0 Å². The molecule has 1 aliphatic rings. The smallest absolute Gasteiger partial charge is 0.135 e. The minimum absolute atomic E-state index is 0.516. The number of aryl methyl sites for hydroxylation is 1.